The average molecular weight is 471 g/mol. The van der Waals surface area contributed by atoms with Gasteiger partial charge in [0.2, 0.25) is 11.7 Å². The predicted molar refractivity (Wildman–Crippen MR) is 115 cm³/mol. The highest BCUT2D eigenvalue weighted by atomic mass is 19.2. The van der Waals surface area contributed by atoms with E-state index in [4.69, 9.17) is 9.26 Å². The molecule has 11 heteroatoms. The van der Waals surface area contributed by atoms with Gasteiger partial charge in [0, 0.05) is 37.1 Å². The van der Waals surface area contributed by atoms with Crippen LogP contribution in [-0.2, 0) is 16.1 Å². The first-order chi connectivity index (χ1) is 16.5. The van der Waals surface area contributed by atoms with Crippen LogP contribution in [0.5, 0.6) is 0 Å². The van der Waals surface area contributed by atoms with Crippen molar-refractivity contribution in [1.29, 1.82) is 0 Å². The van der Waals surface area contributed by atoms with E-state index in [9.17, 15) is 18.0 Å². The Morgan fingerprint density at radius 1 is 0.971 bits per heavy atom. The number of nitrogens with zero attached hydrogens (tertiary/aromatic N) is 5. The Hall–Kier alpha value is -3.73. The van der Waals surface area contributed by atoms with Crippen LogP contribution in [-0.4, -0.2) is 53.1 Å². The number of carbonyl (C=O) groups excluding carboxylic acids is 1. The maximum absolute atomic E-state index is 13.7. The number of hydrogen-bond acceptors (Lipinski definition) is 7. The van der Waals surface area contributed by atoms with Gasteiger partial charge >= 0.3 is 6.01 Å². The molecule has 0 aliphatic carbocycles. The highest BCUT2D eigenvalue weighted by Crippen LogP contribution is 2.24. The second-order valence-corrected chi connectivity index (χ2v) is 7.95. The molecule has 0 radical (unpaired) electrons. The van der Waals surface area contributed by atoms with Crippen molar-refractivity contribution >= 4 is 17.6 Å². The monoisotopic (exact) mass is 471 g/mol. The van der Waals surface area contributed by atoms with Gasteiger partial charge in [-0.05, 0) is 23.8 Å². The smallest absolute Gasteiger partial charge is 0.324 e. The van der Waals surface area contributed by atoms with Crippen molar-refractivity contribution in [3.63, 3.8) is 0 Å². The van der Waals surface area contributed by atoms with Crippen molar-refractivity contribution in [2.45, 2.75) is 19.4 Å². The third kappa shape index (κ3) is 4.51. The van der Waals surface area contributed by atoms with Crippen LogP contribution >= 0.6 is 0 Å². The van der Waals surface area contributed by atoms with Crippen molar-refractivity contribution in [3.8, 4) is 11.4 Å². The number of aromatic nitrogens is 2. The molecule has 0 spiro atoms. The van der Waals surface area contributed by atoms with Gasteiger partial charge in [0.15, 0.2) is 17.5 Å². The molecule has 3 heterocycles. The summed E-state index contributed by atoms with van der Waals surface area (Å²) in [5.74, 6) is -3.96. The largest absolute Gasteiger partial charge is 0.378 e. The molecule has 3 aromatic rings. The second-order valence-electron chi connectivity index (χ2n) is 7.95. The minimum absolute atomic E-state index is 0.102. The van der Waals surface area contributed by atoms with Gasteiger partial charge in [-0.1, -0.05) is 23.4 Å². The summed E-state index contributed by atoms with van der Waals surface area (Å²) in [5.41, 5.74) is 1.87. The molecule has 0 saturated carbocycles. The van der Waals surface area contributed by atoms with Gasteiger partial charge in [-0.3, -0.25) is 4.79 Å². The first kappa shape index (κ1) is 22.1. The Balaban J connectivity index is 1.36. The van der Waals surface area contributed by atoms with Gasteiger partial charge in [-0.25, -0.2) is 18.2 Å². The van der Waals surface area contributed by atoms with Gasteiger partial charge in [-0.2, -0.15) is 10.1 Å². The van der Waals surface area contributed by atoms with E-state index in [1.54, 1.807) is 6.07 Å². The topological polar surface area (TPSA) is 84.1 Å². The van der Waals surface area contributed by atoms with E-state index < -0.39 is 17.5 Å². The van der Waals surface area contributed by atoms with Crippen molar-refractivity contribution in [2.75, 3.05) is 31.2 Å². The number of carbonyl (C=O) groups is 1. The Morgan fingerprint density at radius 2 is 1.74 bits per heavy atom. The maximum atomic E-state index is 13.7. The molecule has 2 aromatic carbocycles. The first-order valence-corrected chi connectivity index (χ1v) is 10.8. The van der Waals surface area contributed by atoms with Crippen molar-refractivity contribution in [3.05, 3.63) is 65.0 Å². The molecule has 2 aliphatic heterocycles. The lowest BCUT2D eigenvalue weighted by Crippen LogP contribution is -2.36. The molecule has 8 nitrogen and oxygen atoms in total. The standard InChI is InChI=1S/C23H20F3N5O3/c24-17-11-16(12-18(25)21(17)26)19-4-5-20(32)31(28-19)13-14-2-1-3-15(10-14)22-27-23(34-29-22)30-6-8-33-9-7-30/h1-3,10-12H,4-9,13H2. The summed E-state index contributed by atoms with van der Waals surface area (Å²) in [7, 11) is 0. The van der Waals surface area contributed by atoms with Crippen LogP contribution in [0.2, 0.25) is 0 Å². The van der Waals surface area contributed by atoms with Crippen LogP contribution in [0.25, 0.3) is 11.4 Å². The zero-order valence-corrected chi connectivity index (χ0v) is 18.0. The molecule has 0 N–H and O–H groups in total. The second kappa shape index (κ2) is 9.26. The molecule has 1 amide bonds. The quantitative estimate of drug-likeness (QED) is 0.530. The van der Waals surface area contributed by atoms with Crippen LogP contribution in [0.15, 0.2) is 46.0 Å². The summed E-state index contributed by atoms with van der Waals surface area (Å²) in [6.45, 7) is 2.66. The van der Waals surface area contributed by atoms with Crippen LogP contribution < -0.4 is 4.90 Å². The van der Waals surface area contributed by atoms with E-state index in [0.717, 1.165) is 17.7 Å². The van der Waals surface area contributed by atoms with Gasteiger partial charge in [0.25, 0.3) is 0 Å². The van der Waals surface area contributed by atoms with E-state index in [1.165, 1.54) is 5.01 Å². The summed E-state index contributed by atoms with van der Waals surface area (Å²) in [4.78, 5) is 18.9. The summed E-state index contributed by atoms with van der Waals surface area (Å²) in [5, 5.41) is 9.59. The number of anilines is 1. The molecule has 0 bridgehead atoms. The molecule has 176 valence electrons. The van der Waals surface area contributed by atoms with E-state index in [2.05, 4.69) is 15.2 Å². The lowest BCUT2D eigenvalue weighted by atomic mass is 10.0. The first-order valence-electron chi connectivity index (χ1n) is 10.8. The lowest BCUT2D eigenvalue weighted by molar-refractivity contribution is -0.132. The summed E-state index contributed by atoms with van der Waals surface area (Å²) < 4.78 is 51.4. The van der Waals surface area contributed by atoms with Crippen molar-refractivity contribution < 1.29 is 27.2 Å². The molecule has 1 fully saturated rings. The molecule has 34 heavy (non-hydrogen) atoms. The van der Waals surface area contributed by atoms with E-state index >= 15 is 0 Å². The molecule has 0 unspecified atom stereocenters. The SMILES string of the molecule is O=C1CCC(c2cc(F)c(F)c(F)c2)=NN1Cc1cccc(-c2noc(N3CCOCC3)n2)c1. The van der Waals surface area contributed by atoms with Gasteiger partial charge in [0.05, 0.1) is 25.5 Å². The fraction of sp³-hybridized carbons (Fsp3) is 0.304. The number of hydrogen-bond donors (Lipinski definition) is 0. The van der Waals surface area contributed by atoms with Gasteiger partial charge < -0.3 is 14.2 Å². The minimum Gasteiger partial charge on any atom is -0.378 e. The van der Waals surface area contributed by atoms with Crippen molar-refractivity contribution in [2.24, 2.45) is 5.10 Å². The third-order valence-corrected chi connectivity index (χ3v) is 5.64. The van der Waals surface area contributed by atoms with Crippen LogP contribution in [0.4, 0.5) is 19.2 Å². The maximum Gasteiger partial charge on any atom is 0.324 e. The van der Waals surface area contributed by atoms with Gasteiger partial charge in [-0.15, -0.1) is 0 Å². The molecule has 2 aliphatic rings. The summed E-state index contributed by atoms with van der Waals surface area (Å²) >= 11 is 0. The zero-order valence-electron chi connectivity index (χ0n) is 18.0. The number of amides is 1. The number of halogens is 3. The number of ether oxygens (including phenoxy) is 1. The van der Waals surface area contributed by atoms with E-state index in [1.807, 2.05) is 23.1 Å². The Labute approximate surface area is 192 Å². The predicted octanol–water partition coefficient (Wildman–Crippen LogP) is 3.52. The Morgan fingerprint density at radius 3 is 2.50 bits per heavy atom. The van der Waals surface area contributed by atoms with E-state index in [-0.39, 0.29) is 30.9 Å². The summed E-state index contributed by atoms with van der Waals surface area (Å²) in [6, 6.07) is 9.46. The van der Waals surface area contributed by atoms with E-state index in [0.29, 0.717) is 49.4 Å². The van der Waals surface area contributed by atoms with Gasteiger partial charge in [0.1, 0.15) is 0 Å². The zero-order chi connectivity index (χ0) is 23.7. The molecule has 0 atom stereocenters. The average Bonchev–Trinajstić information content (AvgIpc) is 3.35. The fourth-order valence-electron chi connectivity index (χ4n) is 3.85. The Kier molecular flexibility index (Phi) is 6.01. The number of hydrazone groups is 1. The summed E-state index contributed by atoms with van der Waals surface area (Å²) in [6.07, 6.45) is 0.319. The molecule has 1 saturated heterocycles. The van der Waals surface area contributed by atoms with Crippen LogP contribution in [0.1, 0.15) is 24.0 Å². The molecular weight excluding hydrogens is 451 g/mol. The Bertz CT molecular complexity index is 1230. The number of benzene rings is 2. The molecular formula is C23H20F3N5O3. The molecule has 1 aromatic heterocycles. The third-order valence-electron chi connectivity index (χ3n) is 5.64. The van der Waals surface area contributed by atoms with Crippen molar-refractivity contribution in [1.82, 2.24) is 15.1 Å². The lowest BCUT2D eigenvalue weighted by Gasteiger charge is -2.24. The minimum atomic E-state index is -1.54. The van der Waals surface area contributed by atoms with Crippen LogP contribution in [0, 0.1) is 17.5 Å². The molecule has 5 rings (SSSR count). The number of morpholine rings is 1. The highest BCUT2D eigenvalue weighted by Gasteiger charge is 2.24. The number of rotatable bonds is 5. The van der Waals surface area contributed by atoms with Crippen LogP contribution in [0.3, 0.4) is 0 Å². The fourth-order valence-corrected chi connectivity index (χ4v) is 3.85. The highest BCUT2D eigenvalue weighted by molar-refractivity contribution is 6.04. The normalized spacial score (nSPS) is 16.7.